The molecule has 2 rings (SSSR count). The maximum Gasteiger partial charge on any atom is 0.265 e. The number of para-hydroxylation sites is 1. The summed E-state index contributed by atoms with van der Waals surface area (Å²) in [5, 5.41) is 2.57. The van der Waals surface area contributed by atoms with Gasteiger partial charge in [0.15, 0.2) is 6.10 Å². The van der Waals surface area contributed by atoms with Gasteiger partial charge in [-0.3, -0.25) is 4.79 Å². The Morgan fingerprint density at radius 2 is 1.91 bits per heavy atom. The van der Waals surface area contributed by atoms with E-state index >= 15 is 0 Å². The molecule has 1 amide bonds. The van der Waals surface area contributed by atoms with Gasteiger partial charge in [0.2, 0.25) is 0 Å². The number of nitrogens with one attached hydrogen (secondary N) is 1. The zero-order valence-electron chi connectivity index (χ0n) is 13.0. The maximum atomic E-state index is 13.6. The van der Waals surface area contributed by atoms with Crippen molar-refractivity contribution >= 4 is 11.6 Å². The van der Waals surface area contributed by atoms with Crippen LogP contribution >= 0.6 is 0 Å². The van der Waals surface area contributed by atoms with Crippen LogP contribution < -0.4 is 10.1 Å². The van der Waals surface area contributed by atoms with E-state index in [2.05, 4.69) is 5.32 Å². The van der Waals surface area contributed by atoms with Crippen LogP contribution in [0.2, 0.25) is 0 Å². The van der Waals surface area contributed by atoms with Gasteiger partial charge in [-0.05, 0) is 55.7 Å². The summed E-state index contributed by atoms with van der Waals surface area (Å²) in [4.78, 5) is 12.2. The fraction of sp³-hybridized carbons (Fsp3) is 0.278. The molecule has 2 aromatic carbocycles. The molecule has 3 nitrogen and oxygen atoms in total. The lowest BCUT2D eigenvalue weighted by atomic mass is 10.1. The molecule has 0 aliphatic carbocycles. The average Bonchev–Trinajstić information content (AvgIpc) is 2.50. The van der Waals surface area contributed by atoms with Gasteiger partial charge in [0.25, 0.3) is 5.91 Å². The normalized spacial score (nSPS) is 11.8. The van der Waals surface area contributed by atoms with Crippen LogP contribution in [0.3, 0.4) is 0 Å². The van der Waals surface area contributed by atoms with Gasteiger partial charge in [-0.25, -0.2) is 4.39 Å². The Morgan fingerprint density at radius 1 is 1.18 bits per heavy atom. The Labute approximate surface area is 130 Å². The van der Waals surface area contributed by atoms with E-state index in [-0.39, 0.29) is 11.6 Å². The molecule has 22 heavy (non-hydrogen) atoms. The van der Waals surface area contributed by atoms with E-state index in [9.17, 15) is 9.18 Å². The van der Waals surface area contributed by atoms with E-state index in [1.54, 1.807) is 12.1 Å². The molecule has 0 bridgehead atoms. The first kappa shape index (κ1) is 16.0. The molecule has 0 fully saturated rings. The van der Waals surface area contributed by atoms with Crippen LogP contribution in [-0.4, -0.2) is 12.0 Å². The lowest BCUT2D eigenvalue weighted by Gasteiger charge is -2.18. The summed E-state index contributed by atoms with van der Waals surface area (Å²) in [6.45, 7) is 5.86. The third-order valence-corrected chi connectivity index (χ3v) is 3.55. The minimum Gasteiger partial charge on any atom is -0.481 e. The first-order valence-electron chi connectivity index (χ1n) is 7.30. The van der Waals surface area contributed by atoms with Crippen LogP contribution in [0.4, 0.5) is 10.1 Å². The van der Waals surface area contributed by atoms with Crippen molar-refractivity contribution in [2.75, 3.05) is 5.32 Å². The minimum absolute atomic E-state index is 0.162. The number of carbonyl (C=O) groups is 1. The number of hydrogen-bond donors (Lipinski definition) is 1. The number of rotatable bonds is 5. The fourth-order valence-corrected chi connectivity index (χ4v) is 2.05. The molecular formula is C18H20FNO2. The van der Waals surface area contributed by atoms with Gasteiger partial charge < -0.3 is 10.1 Å². The van der Waals surface area contributed by atoms with Crippen molar-refractivity contribution in [1.29, 1.82) is 0 Å². The first-order valence-corrected chi connectivity index (χ1v) is 7.30. The van der Waals surface area contributed by atoms with Crippen molar-refractivity contribution in [1.82, 2.24) is 0 Å². The summed E-state index contributed by atoms with van der Waals surface area (Å²) in [5.41, 5.74) is 2.42. The Morgan fingerprint density at radius 3 is 2.55 bits per heavy atom. The number of hydrogen-bond acceptors (Lipinski definition) is 2. The number of amides is 1. The molecule has 0 aliphatic rings. The highest BCUT2D eigenvalue weighted by Crippen LogP contribution is 2.20. The molecule has 0 radical (unpaired) electrons. The molecular weight excluding hydrogens is 281 g/mol. The van der Waals surface area contributed by atoms with Gasteiger partial charge in [0.1, 0.15) is 11.6 Å². The number of anilines is 1. The minimum atomic E-state index is -0.665. The second kappa shape index (κ2) is 7.07. The number of ether oxygens (including phenoxy) is 1. The third kappa shape index (κ3) is 3.85. The summed E-state index contributed by atoms with van der Waals surface area (Å²) in [6, 6.07) is 11.8. The summed E-state index contributed by atoms with van der Waals surface area (Å²) >= 11 is 0. The summed E-state index contributed by atoms with van der Waals surface area (Å²) in [7, 11) is 0. The number of benzene rings is 2. The SMILES string of the molecule is CC[C@H](Oc1ccc(C)c(C)c1)C(=O)Nc1ccccc1F. The summed E-state index contributed by atoms with van der Waals surface area (Å²) < 4.78 is 19.3. The van der Waals surface area contributed by atoms with Gasteiger partial charge >= 0.3 is 0 Å². The second-order valence-corrected chi connectivity index (χ2v) is 5.23. The van der Waals surface area contributed by atoms with E-state index in [1.165, 1.54) is 12.1 Å². The highest BCUT2D eigenvalue weighted by atomic mass is 19.1. The monoisotopic (exact) mass is 301 g/mol. The topological polar surface area (TPSA) is 38.3 Å². The predicted octanol–water partition coefficient (Wildman–Crippen LogP) is 4.24. The van der Waals surface area contributed by atoms with Crippen LogP contribution in [0.15, 0.2) is 42.5 Å². The Balaban J connectivity index is 2.09. The van der Waals surface area contributed by atoms with Crippen molar-refractivity contribution in [3.63, 3.8) is 0 Å². The van der Waals surface area contributed by atoms with Gasteiger partial charge in [0, 0.05) is 0 Å². The molecule has 4 heteroatoms. The highest BCUT2D eigenvalue weighted by Gasteiger charge is 2.19. The first-order chi connectivity index (χ1) is 10.5. The van der Waals surface area contributed by atoms with Crippen molar-refractivity contribution in [2.24, 2.45) is 0 Å². The Bertz CT molecular complexity index is 670. The van der Waals surface area contributed by atoms with E-state index in [4.69, 9.17) is 4.74 Å². The molecule has 0 spiro atoms. The predicted molar refractivity (Wildman–Crippen MR) is 85.7 cm³/mol. The third-order valence-electron chi connectivity index (χ3n) is 3.55. The van der Waals surface area contributed by atoms with E-state index < -0.39 is 11.9 Å². The van der Waals surface area contributed by atoms with Crippen molar-refractivity contribution in [3.8, 4) is 5.75 Å². The number of halogens is 1. The molecule has 0 saturated heterocycles. The highest BCUT2D eigenvalue weighted by molar-refractivity contribution is 5.94. The molecule has 0 saturated carbocycles. The molecule has 0 unspecified atom stereocenters. The van der Waals surface area contributed by atoms with Crippen molar-refractivity contribution in [2.45, 2.75) is 33.3 Å². The molecule has 0 aromatic heterocycles. The van der Waals surface area contributed by atoms with Crippen molar-refractivity contribution in [3.05, 3.63) is 59.4 Å². The van der Waals surface area contributed by atoms with Gasteiger partial charge in [0.05, 0.1) is 5.69 Å². The van der Waals surface area contributed by atoms with E-state index in [0.29, 0.717) is 12.2 Å². The van der Waals surface area contributed by atoms with Crippen LogP contribution in [0, 0.1) is 19.7 Å². The van der Waals surface area contributed by atoms with Gasteiger partial charge in [-0.1, -0.05) is 25.1 Å². The molecule has 1 N–H and O–H groups in total. The molecule has 1 atom stereocenters. The van der Waals surface area contributed by atoms with E-state index in [0.717, 1.165) is 11.1 Å². The quantitative estimate of drug-likeness (QED) is 0.897. The van der Waals surface area contributed by atoms with Gasteiger partial charge in [-0.2, -0.15) is 0 Å². The lowest BCUT2D eigenvalue weighted by molar-refractivity contribution is -0.122. The molecule has 0 heterocycles. The van der Waals surface area contributed by atoms with Crippen LogP contribution in [0.1, 0.15) is 24.5 Å². The van der Waals surface area contributed by atoms with Crippen LogP contribution in [0.25, 0.3) is 0 Å². The van der Waals surface area contributed by atoms with Gasteiger partial charge in [-0.15, -0.1) is 0 Å². The summed E-state index contributed by atoms with van der Waals surface area (Å²) in [5.74, 6) is -0.179. The molecule has 0 aliphatic heterocycles. The Hall–Kier alpha value is -2.36. The van der Waals surface area contributed by atoms with Crippen LogP contribution in [-0.2, 0) is 4.79 Å². The number of aryl methyl sites for hydroxylation is 2. The molecule has 2 aromatic rings. The largest absolute Gasteiger partial charge is 0.481 e. The standard InChI is InChI=1S/C18H20FNO2/c1-4-17(22-14-10-9-12(2)13(3)11-14)18(21)20-16-8-6-5-7-15(16)19/h5-11,17H,4H2,1-3H3,(H,20,21)/t17-/m0/s1. The second-order valence-electron chi connectivity index (χ2n) is 5.23. The fourth-order valence-electron chi connectivity index (χ4n) is 2.05. The van der Waals surface area contributed by atoms with Crippen LogP contribution in [0.5, 0.6) is 5.75 Å². The smallest absolute Gasteiger partial charge is 0.265 e. The van der Waals surface area contributed by atoms with Crippen molar-refractivity contribution < 1.29 is 13.9 Å². The zero-order chi connectivity index (χ0) is 16.1. The zero-order valence-corrected chi connectivity index (χ0v) is 13.0. The lowest BCUT2D eigenvalue weighted by Crippen LogP contribution is -2.32. The molecule has 116 valence electrons. The summed E-state index contributed by atoms with van der Waals surface area (Å²) in [6.07, 6.45) is -0.172. The maximum absolute atomic E-state index is 13.6. The Kier molecular flexibility index (Phi) is 5.15. The van der Waals surface area contributed by atoms with E-state index in [1.807, 2.05) is 39.0 Å². The number of carbonyl (C=O) groups excluding carboxylic acids is 1. The average molecular weight is 301 g/mol.